The van der Waals surface area contributed by atoms with Crippen LogP contribution in [-0.4, -0.2) is 4.92 Å². The molecule has 0 saturated heterocycles. The second-order valence-electron chi connectivity index (χ2n) is 4.42. The molecule has 0 aliphatic rings. The molecule has 0 amide bonds. The second kappa shape index (κ2) is 6.19. The molecule has 0 aromatic heterocycles. The van der Waals surface area contributed by atoms with Crippen LogP contribution in [0.5, 0.6) is 11.5 Å². The minimum Gasteiger partial charge on any atom is -0.447 e. The third kappa shape index (κ3) is 3.37. The van der Waals surface area contributed by atoms with Gasteiger partial charge in [0.2, 0.25) is 5.75 Å². The zero-order valence-corrected chi connectivity index (χ0v) is 12.6. The number of halogens is 2. The normalized spacial score (nSPS) is 12.0. The van der Waals surface area contributed by atoms with E-state index in [1.165, 1.54) is 24.3 Å². The van der Waals surface area contributed by atoms with E-state index in [0.29, 0.717) is 10.0 Å². The third-order valence-corrected chi connectivity index (χ3v) is 3.31. The lowest BCUT2D eigenvalue weighted by Gasteiger charge is -2.14. The number of nitro groups is 1. The Morgan fingerprint density at radius 1 is 1.38 bits per heavy atom. The fourth-order valence-electron chi connectivity index (χ4n) is 1.82. The molecule has 21 heavy (non-hydrogen) atoms. The van der Waals surface area contributed by atoms with Crippen molar-refractivity contribution in [1.29, 1.82) is 0 Å². The summed E-state index contributed by atoms with van der Waals surface area (Å²) < 4.78 is 19.9. The highest BCUT2D eigenvalue weighted by molar-refractivity contribution is 9.10. The zero-order chi connectivity index (χ0) is 15.6. The van der Waals surface area contributed by atoms with Crippen molar-refractivity contribution in [3.63, 3.8) is 0 Å². The summed E-state index contributed by atoms with van der Waals surface area (Å²) in [4.78, 5) is 10.5. The first-order valence-corrected chi connectivity index (χ1v) is 6.85. The number of benzene rings is 2. The van der Waals surface area contributed by atoms with E-state index in [-0.39, 0.29) is 17.2 Å². The molecule has 0 unspecified atom stereocenters. The van der Waals surface area contributed by atoms with Crippen LogP contribution < -0.4 is 10.5 Å². The van der Waals surface area contributed by atoms with Crippen LogP contribution in [0.1, 0.15) is 18.5 Å². The molecular weight excluding hydrogens is 343 g/mol. The first kappa shape index (κ1) is 15.4. The molecule has 0 heterocycles. The van der Waals surface area contributed by atoms with Gasteiger partial charge in [-0.2, -0.15) is 0 Å². The molecule has 2 N–H and O–H groups in total. The molecule has 0 aliphatic heterocycles. The van der Waals surface area contributed by atoms with E-state index >= 15 is 0 Å². The molecule has 0 aliphatic carbocycles. The number of rotatable bonds is 4. The summed E-state index contributed by atoms with van der Waals surface area (Å²) in [6.45, 7) is 1.68. The van der Waals surface area contributed by atoms with Gasteiger partial charge in [-0.3, -0.25) is 10.1 Å². The Bertz CT molecular complexity index is 692. The van der Waals surface area contributed by atoms with Crippen molar-refractivity contribution in [2.75, 3.05) is 0 Å². The highest BCUT2D eigenvalue weighted by Gasteiger charge is 2.20. The first-order valence-electron chi connectivity index (χ1n) is 6.06. The van der Waals surface area contributed by atoms with Gasteiger partial charge in [0.05, 0.1) is 4.92 Å². The van der Waals surface area contributed by atoms with E-state index in [4.69, 9.17) is 10.5 Å². The highest BCUT2D eigenvalue weighted by Crippen LogP contribution is 2.37. The monoisotopic (exact) mass is 354 g/mol. The summed E-state index contributed by atoms with van der Waals surface area (Å²) in [7, 11) is 0. The molecule has 2 aromatic carbocycles. The Morgan fingerprint density at radius 2 is 2.10 bits per heavy atom. The Hall–Kier alpha value is -1.99. The van der Waals surface area contributed by atoms with Gasteiger partial charge in [0.15, 0.2) is 11.6 Å². The Morgan fingerprint density at radius 3 is 2.71 bits per heavy atom. The fraction of sp³-hybridized carbons (Fsp3) is 0.143. The van der Waals surface area contributed by atoms with Gasteiger partial charge >= 0.3 is 5.69 Å². The van der Waals surface area contributed by atoms with E-state index in [0.717, 1.165) is 0 Å². The van der Waals surface area contributed by atoms with Crippen molar-refractivity contribution in [2.24, 2.45) is 5.73 Å². The average Bonchev–Trinajstić information content (AvgIpc) is 2.42. The lowest BCUT2D eigenvalue weighted by Crippen LogP contribution is -2.08. The summed E-state index contributed by atoms with van der Waals surface area (Å²) in [5.41, 5.74) is 5.95. The van der Waals surface area contributed by atoms with Crippen LogP contribution in [0.25, 0.3) is 0 Å². The van der Waals surface area contributed by atoms with Gasteiger partial charge in [-0.1, -0.05) is 28.1 Å². The average molecular weight is 355 g/mol. The smallest absolute Gasteiger partial charge is 0.312 e. The number of para-hydroxylation sites is 1. The van der Waals surface area contributed by atoms with Crippen LogP contribution in [-0.2, 0) is 0 Å². The molecule has 0 saturated carbocycles. The van der Waals surface area contributed by atoms with Gasteiger partial charge < -0.3 is 10.5 Å². The lowest BCUT2D eigenvalue weighted by atomic mass is 10.1. The number of ether oxygens (including phenoxy) is 1. The second-order valence-corrected chi connectivity index (χ2v) is 5.33. The summed E-state index contributed by atoms with van der Waals surface area (Å²) in [6, 6.07) is 8.15. The summed E-state index contributed by atoms with van der Waals surface area (Å²) in [5, 5.41) is 11.1. The number of nitrogens with two attached hydrogens (primary N) is 1. The Kier molecular flexibility index (Phi) is 4.54. The predicted octanol–water partition coefficient (Wildman–Crippen LogP) is 4.31. The number of hydrogen-bond donors (Lipinski definition) is 1. The van der Waals surface area contributed by atoms with Crippen molar-refractivity contribution < 1.29 is 14.1 Å². The van der Waals surface area contributed by atoms with Gasteiger partial charge in [-0.05, 0) is 25.1 Å². The van der Waals surface area contributed by atoms with Crippen LogP contribution in [0.2, 0.25) is 0 Å². The summed E-state index contributed by atoms with van der Waals surface area (Å²) in [5.74, 6) is -0.768. The third-order valence-electron chi connectivity index (χ3n) is 2.82. The molecule has 110 valence electrons. The van der Waals surface area contributed by atoms with Crippen LogP contribution in [0.4, 0.5) is 10.1 Å². The van der Waals surface area contributed by atoms with E-state index in [1.807, 2.05) is 0 Å². The predicted molar refractivity (Wildman–Crippen MR) is 79.9 cm³/mol. The Labute approximate surface area is 128 Å². The number of nitro benzene ring substituents is 1. The highest BCUT2D eigenvalue weighted by atomic mass is 79.9. The summed E-state index contributed by atoms with van der Waals surface area (Å²) >= 11 is 3.15. The number of hydrogen-bond acceptors (Lipinski definition) is 4. The molecule has 5 nitrogen and oxygen atoms in total. The minimum absolute atomic E-state index is 0.0461. The molecular formula is C14H12BrFN2O3. The maximum atomic E-state index is 13.9. The van der Waals surface area contributed by atoms with Crippen LogP contribution in [0.3, 0.4) is 0 Å². The van der Waals surface area contributed by atoms with Crippen molar-refractivity contribution in [2.45, 2.75) is 13.0 Å². The van der Waals surface area contributed by atoms with Crippen LogP contribution >= 0.6 is 15.9 Å². The van der Waals surface area contributed by atoms with Gasteiger partial charge in [-0.15, -0.1) is 0 Å². The minimum atomic E-state index is -0.623. The van der Waals surface area contributed by atoms with E-state index in [9.17, 15) is 14.5 Å². The standard InChI is InChI=1S/C14H12BrFN2O3/c1-8(17)10-3-2-4-11(16)14(10)21-13-6-5-9(15)7-12(13)18(19)20/h2-8H,17H2,1H3/t8-/m1/s1. The van der Waals surface area contributed by atoms with E-state index in [2.05, 4.69) is 15.9 Å². The van der Waals surface area contributed by atoms with Gasteiger partial charge in [0.25, 0.3) is 0 Å². The van der Waals surface area contributed by atoms with Gasteiger partial charge in [-0.25, -0.2) is 4.39 Å². The molecule has 0 bridgehead atoms. The molecule has 7 heteroatoms. The van der Waals surface area contributed by atoms with Crippen molar-refractivity contribution in [3.8, 4) is 11.5 Å². The van der Waals surface area contributed by atoms with E-state index in [1.54, 1.807) is 19.1 Å². The lowest BCUT2D eigenvalue weighted by molar-refractivity contribution is -0.385. The van der Waals surface area contributed by atoms with Gasteiger partial charge in [0, 0.05) is 22.1 Å². The number of nitrogens with zero attached hydrogens (tertiary/aromatic N) is 1. The van der Waals surface area contributed by atoms with Crippen LogP contribution in [0.15, 0.2) is 40.9 Å². The molecule has 0 radical (unpaired) electrons. The van der Waals surface area contributed by atoms with Crippen molar-refractivity contribution in [1.82, 2.24) is 0 Å². The molecule has 2 aromatic rings. The quantitative estimate of drug-likeness (QED) is 0.655. The van der Waals surface area contributed by atoms with Crippen molar-refractivity contribution >= 4 is 21.6 Å². The van der Waals surface area contributed by atoms with Gasteiger partial charge in [0.1, 0.15) is 0 Å². The fourth-order valence-corrected chi connectivity index (χ4v) is 2.17. The SMILES string of the molecule is C[C@@H](N)c1cccc(F)c1Oc1ccc(Br)cc1[N+](=O)[O-]. The molecule has 2 rings (SSSR count). The van der Waals surface area contributed by atoms with Crippen LogP contribution in [0, 0.1) is 15.9 Å². The zero-order valence-electron chi connectivity index (χ0n) is 11.0. The van der Waals surface area contributed by atoms with E-state index < -0.39 is 16.8 Å². The summed E-state index contributed by atoms with van der Waals surface area (Å²) in [6.07, 6.45) is 0. The Balaban J connectivity index is 2.51. The first-order chi connectivity index (χ1) is 9.90. The largest absolute Gasteiger partial charge is 0.447 e. The maximum Gasteiger partial charge on any atom is 0.312 e. The molecule has 0 fully saturated rings. The topological polar surface area (TPSA) is 78.4 Å². The molecule has 1 atom stereocenters. The maximum absolute atomic E-state index is 13.9. The van der Waals surface area contributed by atoms with Crippen molar-refractivity contribution in [3.05, 3.63) is 62.4 Å². The molecule has 0 spiro atoms.